The van der Waals surface area contributed by atoms with Gasteiger partial charge in [-0.1, -0.05) is 29.8 Å². The van der Waals surface area contributed by atoms with Crippen LogP contribution in [-0.2, 0) is 0 Å². The molecule has 0 aliphatic heterocycles. The highest BCUT2D eigenvalue weighted by Gasteiger charge is 2.29. The number of nitrogens with one attached hydrogen (secondary N) is 1. The number of ether oxygens (including phenoxy) is 2. The SMILES string of the molecule is O=C(NCCCOc1ccccc1)c1cnc(OCC(F)(F)F)c(Cl)c1. The number of hydrogen-bond acceptors (Lipinski definition) is 4. The summed E-state index contributed by atoms with van der Waals surface area (Å²) in [7, 11) is 0. The molecule has 1 N–H and O–H groups in total. The average molecular weight is 389 g/mol. The summed E-state index contributed by atoms with van der Waals surface area (Å²) < 4.78 is 46.3. The lowest BCUT2D eigenvalue weighted by molar-refractivity contribution is -0.154. The molecule has 1 amide bonds. The van der Waals surface area contributed by atoms with E-state index in [0.29, 0.717) is 19.6 Å². The van der Waals surface area contributed by atoms with Gasteiger partial charge < -0.3 is 14.8 Å². The molecule has 1 aromatic carbocycles. The van der Waals surface area contributed by atoms with Gasteiger partial charge in [0.2, 0.25) is 5.88 Å². The molecule has 0 atom stereocenters. The van der Waals surface area contributed by atoms with Gasteiger partial charge in [-0.15, -0.1) is 0 Å². The normalized spacial score (nSPS) is 11.1. The zero-order valence-corrected chi connectivity index (χ0v) is 14.3. The van der Waals surface area contributed by atoms with Crippen molar-refractivity contribution in [3.8, 4) is 11.6 Å². The molecule has 0 aliphatic rings. The van der Waals surface area contributed by atoms with E-state index >= 15 is 0 Å². The minimum absolute atomic E-state index is 0.123. The molecule has 0 bridgehead atoms. The molecule has 2 aromatic rings. The fourth-order valence-corrected chi connectivity index (χ4v) is 2.11. The molecule has 0 aliphatic carbocycles. The molecule has 0 spiro atoms. The third-order valence-electron chi connectivity index (χ3n) is 3.06. The van der Waals surface area contributed by atoms with Gasteiger partial charge in [-0.2, -0.15) is 13.2 Å². The van der Waals surface area contributed by atoms with Gasteiger partial charge in [0, 0.05) is 12.7 Å². The Balaban J connectivity index is 1.75. The molecule has 0 saturated heterocycles. The Kier molecular flexibility index (Phi) is 7.08. The van der Waals surface area contributed by atoms with E-state index in [2.05, 4.69) is 15.0 Å². The molecule has 5 nitrogen and oxygen atoms in total. The monoisotopic (exact) mass is 388 g/mol. The van der Waals surface area contributed by atoms with Gasteiger partial charge in [0.1, 0.15) is 10.8 Å². The van der Waals surface area contributed by atoms with Crippen LogP contribution in [0.3, 0.4) is 0 Å². The summed E-state index contributed by atoms with van der Waals surface area (Å²) >= 11 is 5.80. The minimum atomic E-state index is -4.50. The average Bonchev–Trinajstić information content (AvgIpc) is 2.60. The Morgan fingerprint density at radius 1 is 1.19 bits per heavy atom. The zero-order chi connectivity index (χ0) is 19.0. The Labute approximate surface area is 153 Å². The van der Waals surface area contributed by atoms with Crippen LogP contribution < -0.4 is 14.8 Å². The zero-order valence-electron chi connectivity index (χ0n) is 13.6. The number of halogens is 4. The van der Waals surface area contributed by atoms with Crippen LogP contribution >= 0.6 is 11.6 Å². The van der Waals surface area contributed by atoms with Crippen LogP contribution in [0.4, 0.5) is 13.2 Å². The summed E-state index contributed by atoms with van der Waals surface area (Å²) in [5.41, 5.74) is 0.123. The van der Waals surface area contributed by atoms with Gasteiger partial charge in [0.25, 0.3) is 5.91 Å². The minimum Gasteiger partial charge on any atom is -0.494 e. The molecular formula is C17H16ClF3N2O3. The van der Waals surface area contributed by atoms with E-state index < -0.39 is 18.7 Å². The topological polar surface area (TPSA) is 60.5 Å². The van der Waals surface area contributed by atoms with E-state index in [1.807, 2.05) is 30.3 Å². The lowest BCUT2D eigenvalue weighted by Crippen LogP contribution is -2.26. The second-order valence-corrected chi connectivity index (χ2v) is 5.59. The van der Waals surface area contributed by atoms with Gasteiger partial charge in [0.15, 0.2) is 6.61 Å². The number of para-hydroxylation sites is 1. The maximum Gasteiger partial charge on any atom is 0.422 e. The first-order valence-corrected chi connectivity index (χ1v) is 8.04. The van der Waals surface area contributed by atoms with Crippen molar-refractivity contribution >= 4 is 17.5 Å². The van der Waals surface area contributed by atoms with Gasteiger partial charge in [-0.05, 0) is 24.6 Å². The maximum absolute atomic E-state index is 12.1. The molecule has 0 radical (unpaired) electrons. The predicted octanol–water partition coefficient (Wildman–Crippen LogP) is 3.88. The fraction of sp³-hybridized carbons (Fsp3) is 0.294. The lowest BCUT2D eigenvalue weighted by atomic mass is 10.2. The van der Waals surface area contributed by atoms with Crippen molar-refractivity contribution in [1.29, 1.82) is 0 Å². The molecule has 1 heterocycles. The van der Waals surface area contributed by atoms with Crippen molar-refractivity contribution in [2.75, 3.05) is 19.8 Å². The van der Waals surface area contributed by atoms with Crippen LogP contribution in [0, 0.1) is 0 Å². The van der Waals surface area contributed by atoms with Crippen LogP contribution in [0.2, 0.25) is 5.02 Å². The van der Waals surface area contributed by atoms with E-state index in [0.717, 1.165) is 11.9 Å². The summed E-state index contributed by atoms with van der Waals surface area (Å²) in [4.78, 5) is 15.6. The number of aromatic nitrogens is 1. The quantitative estimate of drug-likeness (QED) is 0.697. The fourth-order valence-electron chi connectivity index (χ4n) is 1.89. The van der Waals surface area contributed by atoms with Crippen molar-refractivity contribution in [3.63, 3.8) is 0 Å². The predicted molar refractivity (Wildman–Crippen MR) is 89.7 cm³/mol. The number of nitrogens with zero attached hydrogens (tertiary/aromatic N) is 1. The molecular weight excluding hydrogens is 373 g/mol. The summed E-state index contributed by atoms with van der Waals surface area (Å²) in [6.45, 7) is -0.726. The summed E-state index contributed by atoms with van der Waals surface area (Å²) in [6, 6.07) is 10.5. The second kappa shape index (κ2) is 9.28. The van der Waals surface area contributed by atoms with Crippen molar-refractivity contribution in [3.05, 3.63) is 53.2 Å². The second-order valence-electron chi connectivity index (χ2n) is 5.19. The van der Waals surface area contributed by atoms with Crippen molar-refractivity contribution in [2.45, 2.75) is 12.6 Å². The molecule has 2 rings (SSSR count). The van der Waals surface area contributed by atoms with Gasteiger partial charge in [-0.3, -0.25) is 4.79 Å². The molecule has 0 unspecified atom stereocenters. The van der Waals surface area contributed by atoms with Crippen LogP contribution in [0.15, 0.2) is 42.6 Å². The molecule has 140 valence electrons. The summed E-state index contributed by atoms with van der Waals surface area (Å²) in [5.74, 6) is -0.0810. The van der Waals surface area contributed by atoms with E-state index in [9.17, 15) is 18.0 Å². The molecule has 1 aromatic heterocycles. The van der Waals surface area contributed by atoms with Crippen molar-refractivity contribution in [2.24, 2.45) is 0 Å². The number of amides is 1. The van der Waals surface area contributed by atoms with Crippen LogP contribution in [0.25, 0.3) is 0 Å². The lowest BCUT2D eigenvalue weighted by Gasteiger charge is -2.10. The highest BCUT2D eigenvalue weighted by atomic mass is 35.5. The van der Waals surface area contributed by atoms with E-state index in [1.165, 1.54) is 6.07 Å². The van der Waals surface area contributed by atoms with Gasteiger partial charge >= 0.3 is 6.18 Å². The van der Waals surface area contributed by atoms with E-state index in [1.54, 1.807) is 0 Å². The van der Waals surface area contributed by atoms with Crippen LogP contribution in [-0.4, -0.2) is 36.8 Å². The first-order valence-electron chi connectivity index (χ1n) is 7.66. The largest absolute Gasteiger partial charge is 0.494 e. The smallest absolute Gasteiger partial charge is 0.422 e. The molecule has 0 saturated carbocycles. The number of benzene rings is 1. The standard InChI is InChI=1S/C17H16ClF3N2O3/c18-14-9-12(10-23-16(14)26-11-17(19,20)21)15(24)22-7-4-8-25-13-5-2-1-3-6-13/h1-3,5-6,9-10H,4,7-8,11H2,(H,22,24). The maximum atomic E-state index is 12.1. The number of alkyl halides is 3. The number of carbonyl (C=O) groups is 1. The van der Waals surface area contributed by atoms with E-state index in [-0.39, 0.29) is 16.5 Å². The number of pyridine rings is 1. The summed E-state index contributed by atoms with van der Waals surface area (Å²) in [6.07, 6.45) is -2.81. The number of hydrogen-bond donors (Lipinski definition) is 1. The molecule has 9 heteroatoms. The van der Waals surface area contributed by atoms with Gasteiger partial charge in [-0.25, -0.2) is 4.98 Å². The highest BCUT2D eigenvalue weighted by molar-refractivity contribution is 6.32. The highest BCUT2D eigenvalue weighted by Crippen LogP contribution is 2.24. The van der Waals surface area contributed by atoms with Gasteiger partial charge in [0.05, 0.1) is 12.2 Å². The molecule has 26 heavy (non-hydrogen) atoms. The molecule has 0 fully saturated rings. The first-order chi connectivity index (χ1) is 12.3. The first kappa shape index (κ1) is 19.8. The van der Waals surface area contributed by atoms with E-state index in [4.69, 9.17) is 16.3 Å². The Hall–Kier alpha value is -2.48. The number of rotatable bonds is 8. The Morgan fingerprint density at radius 3 is 2.58 bits per heavy atom. The van der Waals surface area contributed by atoms with Crippen molar-refractivity contribution < 1.29 is 27.4 Å². The van der Waals surface area contributed by atoms with Crippen LogP contribution in [0.1, 0.15) is 16.8 Å². The number of carbonyl (C=O) groups excluding carboxylic acids is 1. The van der Waals surface area contributed by atoms with Crippen LogP contribution in [0.5, 0.6) is 11.6 Å². The third kappa shape index (κ3) is 6.79. The summed E-state index contributed by atoms with van der Waals surface area (Å²) in [5, 5.41) is 2.48. The van der Waals surface area contributed by atoms with Crippen molar-refractivity contribution in [1.82, 2.24) is 10.3 Å². The Bertz CT molecular complexity index is 727. The Morgan fingerprint density at radius 2 is 1.92 bits per heavy atom. The third-order valence-corrected chi connectivity index (χ3v) is 3.33.